The Bertz CT molecular complexity index is 277. The first kappa shape index (κ1) is 10.6. The molecule has 0 bridgehead atoms. The van der Waals surface area contributed by atoms with Crippen molar-refractivity contribution in [3.8, 4) is 0 Å². The predicted molar refractivity (Wildman–Crippen MR) is 54.4 cm³/mol. The molecular formula is C11H17NO3. The molecule has 1 saturated heterocycles. The third-order valence-corrected chi connectivity index (χ3v) is 3.42. The Labute approximate surface area is 89.6 Å². The molecule has 0 N–H and O–H groups in total. The third-order valence-electron chi connectivity index (χ3n) is 3.42. The van der Waals surface area contributed by atoms with Crippen molar-refractivity contribution >= 4 is 11.7 Å². The number of likely N-dealkylation sites (tertiary alicyclic amines) is 1. The molecule has 2 atom stereocenters. The molecule has 4 heteroatoms. The Morgan fingerprint density at radius 3 is 2.80 bits per heavy atom. The SMILES string of the molecule is COC1CCCC1N1CCC(=O)CC1=O. The van der Waals surface area contributed by atoms with Crippen molar-refractivity contribution in [2.45, 2.75) is 44.2 Å². The molecule has 0 aromatic heterocycles. The first-order valence-electron chi connectivity index (χ1n) is 5.56. The Balaban J connectivity index is 2.03. The molecule has 1 amide bonds. The van der Waals surface area contributed by atoms with Crippen molar-refractivity contribution in [1.82, 2.24) is 4.90 Å². The van der Waals surface area contributed by atoms with E-state index in [1.807, 2.05) is 4.90 Å². The minimum atomic E-state index is -0.0137. The lowest BCUT2D eigenvalue weighted by Crippen LogP contribution is -2.49. The van der Waals surface area contributed by atoms with Gasteiger partial charge in [-0.15, -0.1) is 0 Å². The number of hydrogen-bond donors (Lipinski definition) is 0. The van der Waals surface area contributed by atoms with Crippen molar-refractivity contribution in [2.75, 3.05) is 13.7 Å². The molecule has 0 aromatic carbocycles. The van der Waals surface area contributed by atoms with Gasteiger partial charge >= 0.3 is 0 Å². The fourth-order valence-electron chi connectivity index (χ4n) is 2.62. The molecule has 4 nitrogen and oxygen atoms in total. The maximum absolute atomic E-state index is 11.7. The summed E-state index contributed by atoms with van der Waals surface area (Å²) in [5.74, 6) is 0.0587. The zero-order valence-corrected chi connectivity index (χ0v) is 9.07. The fraction of sp³-hybridized carbons (Fsp3) is 0.818. The van der Waals surface area contributed by atoms with Crippen LogP contribution >= 0.6 is 0 Å². The van der Waals surface area contributed by atoms with E-state index < -0.39 is 0 Å². The van der Waals surface area contributed by atoms with Crippen molar-refractivity contribution in [3.63, 3.8) is 0 Å². The topological polar surface area (TPSA) is 46.6 Å². The van der Waals surface area contributed by atoms with Gasteiger partial charge in [0.05, 0.1) is 18.6 Å². The highest BCUT2D eigenvalue weighted by molar-refractivity contribution is 6.00. The molecule has 15 heavy (non-hydrogen) atoms. The van der Waals surface area contributed by atoms with Crippen LogP contribution in [0.5, 0.6) is 0 Å². The summed E-state index contributed by atoms with van der Waals surface area (Å²) in [6, 6.07) is 0.204. The maximum Gasteiger partial charge on any atom is 0.230 e. The van der Waals surface area contributed by atoms with Gasteiger partial charge in [0.2, 0.25) is 5.91 Å². The van der Waals surface area contributed by atoms with E-state index in [1.165, 1.54) is 0 Å². The third kappa shape index (κ3) is 2.04. The number of Topliss-reactive ketones (excluding diaryl/α,β-unsaturated/α-hetero) is 1. The number of hydrogen-bond acceptors (Lipinski definition) is 3. The molecule has 84 valence electrons. The van der Waals surface area contributed by atoms with Crippen LogP contribution in [0.25, 0.3) is 0 Å². The van der Waals surface area contributed by atoms with E-state index in [2.05, 4.69) is 0 Å². The van der Waals surface area contributed by atoms with Crippen LogP contribution in [0.4, 0.5) is 0 Å². The number of ketones is 1. The maximum atomic E-state index is 11.7. The van der Waals surface area contributed by atoms with Gasteiger partial charge in [0.1, 0.15) is 5.78 Å². The Kier molecular flexibility index (Phi) is 3.05. The molecule has 0 aromatic rings. The second-order valence-electron chi connectivity index (χ2n) is 4.32. The first-order chi connectivity index (χ1) is 7.22. The van der Waals surface area contributed by atoms with Crippen LogP contribution in [0.15, 0.2) is 0 Å². The van der Waals surface area contributed by atoms with Gasteiger partial charge in [-0.3, -0.25) is 9.59 Å². The highest BCUT2D eigenvalue weighted by atomic mass is 16.5. The van der Waals surface area contributed by atoms with Crippen LogP contribution in [0, 0.1) is 0 Å². The average molecular weight is 211 g/mol. The van der Waals surface area contributed by atoms with Crippen LogP contribution in [0.3, 0.4) is 0 Å². The Morgan fingerprint density at radius 1 is 1.33 bits per heavy atom. The summed E-state index contributed by atoms with van der Waals surface area (Å²) in [7, 11) is 1.70. The number of carbonyl (C=O) groups is 2. The summed E-state index contributed by atoms with van der Waals surface area (Å²) in [4.78, 5) is 24.7. The number of piperidine rings is 1. The second-order valence-corrected chi connectivity index (χ2v) is 4.32. The van der Waals surface area contributed by atoms with E-state index in [0.717, 1.165) is 19.3 Å². The van der Waals surface area contributed by atoms with Gasteiger partial charge in [0.15, 0.2) is 0 Å². The smallest absolute Gasteiger partial charge is 0.230 e. The zero-order valence-electron chi connectivity index (χ0n) is 9.07. The van der Waals surface area contributed by atoms with Gasteiger partial charge in [-0.1, -0.05) is 0 Å². The summed E-state index contributed by atoms with van der Waals surface area (Å²) < 4.78 is 5.37. The summed E-state index contributed by atoms with van der Waals surface area (Å²) >= 11 is 0. The molecule has 2 unspecified atom stereocenters. The van der Waals surface area contributed by atoms with Crippen LogP contribution in [-0.4, -0.2) is 42.4 Å². The van der Waals surface area contributed by atoms with E-state index >= 15 is 0 Å². The summed E-state index contributed by atoms with van der Waals surface area (Å²) in [6.45, 7) is 0.586. The molecule has 1 heterocycles. The van der Waals surface area contributed by atoms with Crippen molar-refractivity contribution in [1.29, 1.82) is 0 Å². The molecule has 0 spiro atoms. The lowest BCUT2D eigenvalue weighted by Gasteiger charge is -2.34. The highest BCUT2D eigenvalue weighted by Gasteiger charge is 2.37. The first-order valence-corrected chi connectivity index (χ1v) is 5.56. The second kappa shape index (κ2) is 4.31. The van der Waals surface area contributed by atoms with Crippen molar-refractivity contribution in [3.05, 3.63) is 0 Å². The number of amides is 1. The number of methoxy groups -OCH3 is 1. The van der Waals surface area contributed by atoms with E-state index in [4.69, 9.17) is 4.74 Å². The lowest BCUT2D eigenvalue weighted by atomic mass is 10.0. The van der Waals surface area contributed by atoms with Crippen molar-refractivity contribution < 1.29 is 14.3 Å². The molecule has 0 radical (unpaired) electrons. The Morgan fingerprint density at radius 2 is 2.13 bits per heavy atom. The molecule has 1 saturated carbocycles. The van der Waals surface area contributed by atoms with Crippen molar-refractivity contribution in [2.24, 2.45) is 0 Å². The van der Waals surface area contributed by atoms with Gasteiger partial charge in [-0.25, -0.2) is 0 Å². The normalized spacial score (nSPS) is 32.5. The standard InChI is InChI=1S/C11H17NO3/c1-15-10-4-2-3-9(10)12-6-5-8(13)7-11(12)14/h9-10H,2-7H2,1H3. The number of carbonyl (C=O) groups excluding carboxylic acids is 2. The van der Waals surface area contributed by atoms with E-state index in [0.29, 0.717) is 13.0 Å². The molecule has 2 fully saturated rings. The average Bonchev–Trinajstić information content (AvgIpc) is 2.65. The molecule has 2 aliphatic rings. The number of ether oxygens (including phenoxy) is 1. The van der Waals surface area contributed by atoms with Crippen LogP contribution < -0.4 is 0 Å². The van der Waals surface area contributed by atoms with Gasteiger partial charge in [0, 0.05) is 20.1 Å². The van der Waals surface area contributed by atoms with E-state index in [-0.39, 0.29) is 30.3 Å². The van der Waals surface area contributed by atoms with Gasteiger partial charge in [0.25, 0.3) is 0 Å². The lowest BCUT2D eigenvalue weighted by molar-refractivity contribution is -0.143. The largest absolute Gasteiger partial charge is 0.379 e. The number of rotatable bonds is 2. The fourth-order valence-corrected chi connectivity index (χ4v) is 2.62. The quantitative estimate of drug-likeness (QED) is 0.633. The van der Waals surface area contributed by atoms with Gasteiger partial charge in [-0.05, 0) is 19.3 Å². The number of nitrogens with zero attached hydrogens (tertiary/aromatic N) is 1. The van der Waals surface area contributed by atoms with E-state index in [9.17, 15) is 9.59 Å². The monoisotopic (exact) mass is 211 g/mol. The minimum Gasteiger partial charge on any atom is -0.379 e. The summed E-state index contributed by atoms with van der Waals surface area (Å²) in [5, 5.41) is 0. The Hall–Kier alpha value is -0.900. The molecule has 1 aliphatic carbocycles. The molecule has 2 rings (SSSR count). The van der Waals surface area contributed by atoms with Crippen LogP contribution in [-0.2, 0) is 14.3 Å². The zero-order chi connectivity index (χ0) is 10.8. The summed E-state index contributed by atoms with van der Waals surface area (Å²) in [6.07, 6.45) is 3.92. The van der Waals surface area contributed by atoms with Gasteiger partial charge in [-0.2, -0.15) is 0 Å². The predicted octanol–water partition coefficient (Wildman–Crippen LogP) is 0.745. The minimum absolute atomic E-state index is 0.0137. The van der Waals surface area contributed by atoms with Crippen LogP contribution in [0.1, 0.15) is 32.1 Å². The highest BCUT2D eigenvalue weighted by Crippen LogP contribution is 2.28. The molecular weight excluding hydrogens is 194 g/mol. The summed E-state index contributed by atoms with van der Waals surface area (Å²) in [5.41, 5.74) is 0. The van der Waals surface area contributed by atoms with Crippen LogP contribution in [0.2, 0.25) is 0 Å². The van der Waals surface area contributed by atoms with Gasteiger partial charge < -0.3 is 9.64 Å². The molecule has 1 aliphatic heterocycles. The van der Waals surface area contributed by atoms with E-state index in [1.54, 1.807) is 7.11 Å².